The first kappa shape index (κ1) is 16.7. The van der Waals surface area contributed by atoms with Crippen LogP contribution in [0.3, 0.4) is 0 Å². The summed E-state index contributed by atoms with van der Waals surface area (Å²) in [4.78, 5) is 11.7. The van der Waals surface area contributed by atoms with E-state index < -0.39 is 23.6 Å². The molecule has 0 radical (unpaired) electrons. The summed E-state index contributed by atoms with van der Waals surface area (Å²) in [7, 11) is 0. The molecule has 1 amide bonds. The predicted molar refractivity (Wildman–Crippen MR) is 77.3 cm³/mol. The number of ether oxygens (including phenoxy) is 1. The minimum Gasteiger partial charge on any atom is -0.444 e. The molecule has 20 heavy (non-hydrogen) atoms. The van der Waals surface area contributed by atoms with E-state index in [1.165, 1.54) is 12.1 Å². The number of hydrogen-bond donors (Lipinski definition) is 2. The highest BCUT2D eigenvalue weighted by atomic mass is 35.5. The van der Waals surface area contributed by atoms with Crippen LogP contribution >= 0.6 is 11.6 Å². The van der Waals surface area contributed by atoms with Crippen LogP contribution in [0.2, 0.25) is 5.02 Å². The van der Waals surface area contributed by atoms with Crippen LogP contribution in [0.4, 0.5) is 9.18 Å². The highest BCUT2D eigenvalue weighted by Gasteiger charge is 2.20. The zero-order valence-corrected chi connectivity index (χ0v) is 12.6. The van der Waals surface area contributed by atoms with E-state index >= 15 is 0 Å². The number of carbonyl (C=O) groups excluding carboxylic acids is 1. The van der Waals surface area contributed by atoms with Crippen molar-refractivity contribution in [1.29, 1.82) is 0 Å². The van der Waals surface area contributed by atoms with Crippen LogP contribution in [0.1, 0.15) is 26.3 Å². The molecule has 0 bridgehead atoms. The maximum absolute atomic E-state index is 13.7. The quantitative estimate of drug-likeness (QED) is 0.899. The Hall–Kier alpha value is -1.33. The molecule has 0 aliphatic heterocycles. The first-order chi connectivity index (χ1) is 9.23. The number of nitrogens with one attached hydrogen (secondary N) is 1. The molecule has 4 nitrogen and oxygen atoms in total. The SMILES string of the molecule is CC(C)(C)OC(=O)NC(CN)Cc1c(F)cccc1Cl. The molecule has 0 spiro atoms. The van der Waals surface area contributed by atoms with Crippen molar-refractivity contribution in [1.82, 2.24) is 5.32 Å². The van der Waals surface area contributed by atoms with Gasteiger partial charge in [-0.05, 0) is 39.3 Å². The molecular formula is C14H20ClFN2O2. The minimum atomic E-state index is -0.598. The van der Waals surface area contributed by atoms with Gasteiger partial charge in [0.05, 0.1) is 0 Å². The molecule has 1 atom stereocenters. The average molecular weight is 303 g/mol. The second-order valence-electron chi connectivity index (χ2n) is 5.48. The van der Waals surface area contributed by atoms with Gasteiger partial charge in [0.15, 0.2) is 0 Å². The van der Waals surface area contributed by atoms with Gasteiger partial charge in [0, 0.05) is 23.2 Å². The molecule has 6 heteroatoms. The summed E-state index contributed by atoms with van der Waals surface area (Å²) in [5, 5.41) is 2.93. The molecule has 0 saturated carbocycles. The molecule has 1 rings (SSSR count). The van der Waals surface area contributed by atoms with Crippen molar-refractivity contribution in [2.75, 3.05) is 6.54 Å². The molecule has 0 aromatic heterocycles. The van der Waals surface area contributed by atoms with Crippen molar-refractivity contribution >= 4 is 17.7 Å². The number of benzene rings is 1. The zero-order chi connectivity index (χ0) is 15.3. The molecule has 1 aromatic rings. The molecule has 0 fully saturated rings. The highest BCUT2D eigenvalue weighted by molar-refractivity contribution is 6.31. The Morgan fingerprint density at radius 1 is 1.50 bits per heavy atom. The maximum atomic E-state index is 13.7. The monoisotopic (exact) mass is 302 g/mol. The lowest BCUT2D eigenvalue weighted by Crippen LogP contribution is -2.44. The third kappa shape index (κ3) is 5.35. The third-order valence-corrected chi connectivity index (χ3v) is 2.87. The first-order valence-electron chi connectivity index (χ1n) is 6.35. The molecular weight excluding hydrogens is 283 g/mol. The summed E-state index contributed by atoms with van der Waals surface area (Å²) in [5.41, 5.74) is 5.33. The highest BCUT2D eigenvalue weighted by Crippen LogP contribution is 2.20. The van der Waals surface area contributed by atoms with Gasteiger partial charge in [-0.25, -0.2) is 9.18 Å². The lowest BCUT2D eigenvalue weighted by Gasteiger charge is -2.23. The zero-order valence-electron chi connectivity index (χ0n) is 11.9. The van der Waals surface area contributed by atoms with E-state index in [0.717, 1.165) is 0 Å². The van der Waals surface area contributed by atoms with Crippen molar-refractivity contribution in [3.05, 3.63) is 34.6 Å². The number of alkyl carbamates (subject to hydrolysis) is 1. The largest absolute Gasteiger partial charge is 0.444 e. The lowest BCUT2D eigenvalue weighted by molar-refractivity contribution is 0.0505. The average Bonchev–Trinajstić information content (AvgIpc) is 2.30. The van der Waals surface area contributed by atoms with Crippen LogP contribution < -0.4 is 11.1 Å². The van der Waals surface area contributed by atoms with Crippen LogP contribution in [0.15, 0.2) is 18.2 Å². The smallest absolute Gasteiger partial charge is 0.407 e. The van der Waals surface area contributed by atoms with E-state index in [-0.39, 0.29) is 13.0 Å². The fourth-order valence-electron chi connectivity index (χ4n) is 1.64. The number of halogens is 2. The molecule has 0 aliphatic rings. The van der Waals surface area contributed by atoms with Crippen molar-refractivity contribution in [2.24, 2.45) is 5.73 Å². The van der Waals surface area contributed by atoms with Gasteiger partial charge in [0.1, 0.15) is 11.4 Å². The van der Waals surface area contributed by atoms with Crippen molar-refractivity contribution in [3.8, 4) is 0 Å². The molecule has 0 heterocycles. The second-order valence-corrected chi connectivity index (χ2v) is 5.89. The van der Waals surface area contributed by atoms with E-state index in [1.807, 2.05) is 0 Å². The molecule has 0 aliphatic carbocycles. The summed E-state index contributed by atoms with van der Waals surface area (Å²) in [6.45, 7) is 5.44. The molecule has 3 N–H and O–H groups in total. The van der Waals surface area contributed by atoms with Gasteiger partial charge >= 0.3 is 6.09 Å². The number of carbonyl (C=O) groups is 1. The fourth-order valence-corrected chi connectivity index (χ4v) is 1.88. The summed E-state index contributed by atoms with van der Waals surface area (Å²) in [6.07, 6.45) is -0.373. The maximum Gasteiger partial charge on any atom is 0.407 e. The van der Waals surface area contributed by atoms with Crippen LogP contribution in [-0.2, 0) is 11.2 Å². The Morgan fingerprint density at radius 2 is 2.15 bits per heavy atom. The normalized spacial score (nSPS) is 12.9. The minimum absolute atomic E-state index is 0.157. The Bertz CT molecular complexity index is 454. The van der Waals surface area contributed by atoms with Gasteiger partial charge in [-0.1, -0.05) is 17.7 Å². The predicted octanol–water partition coefficient (Wildman–Crippen LogP) is 2.87. The molecule has 1 aromatic carbocycles. The Labute approximate surface area is 123 Å². The van der Waals surface area contributed by atoms with Gasteiger partial charge < -0.3 is 15.8 Å². The fraction of sp³-hybridized carbons (Fsp3) is 0.500. The van der Waals surface area contributed by atoms with Crippen molar-refractivity contribution in [3.63, 3.8) is 0 Å². The van der Waals surface area contributed by atoms with Crippen molar-refractivity contribution < 1.29 is 13.9 Å². The number of amides is 1. The number of nitrogens with two attached hydrogens (primary N) is 1. The standard InChI is InChI=1S/C14H20ClFN2O2/c1-14(2,3)20-13(19)18-9(8-17)7-10-11(15)5-4-6-12(10)16/h4-6,9H,7-8,17H2,1-3H3,(H,18,19). The third-order valence-electron chi connectivity index (χ3n) is 2.52. The van der Waals surface area contributed by atoms with Crippen molar-refractivity contribution in [2.45, 2.75) is 38.8 Å². The van der Waals surface area contributed by atoms with Gasteiger partial charge in [-0.3, -0.25) is 0 Å². The van der Waals surface area contributed by atoms with Gasteiger partial charge in [0.2, 0.25) is 0 Å². The second kappa shape index (κ2) is 6.90. The summed E-state index contributed by atoms with van der Waals surface area (Å²) in [5.74, 6) is -0.415. The Balaban J connectivity index is 2.71. The van der Waals surface area contributed by atoms with Crippen LogP contribution in [-0.4, -0.2) is 24.3 Å². The van der Waals surface area contributed by atoms with Crippen LogP contribution in [0.5, 0.6) is 0 Å². The molecule has 1 unspecified atom stereocenters. The van der Waals surface area contributed by atoms with E-state index in [1.54, 1.807) is 26.8 Å². The van der Waals surface area contributed by atoms with Crippen LogP contribution in [0, 0.1) is 5.82 Å². The first-order valence-corrected chi connectivity index (χ1v) is 6.73. The summed E-state index contributed by atoms with van der Waals surface area (Å²) >= 11 is 5.95. The lowest BCUT2D eigenvalue weighted by atomic mass is 10.1. The van der Waals surface area contributed by atoms with Gasteiger partial charge in [-0.15, -0.1) is 0 Å². The Kier molecular flexibility index (Phi) is 5.77. The number of rotatable bonds is 4. The van der Waals surface area contributed by atoms with E-state index in [4.69, 9.17) is 22.1 Å². The Morgan fingerprint density at radius 3 is 2.65 bits per heavy atom. The van der Waals surface area contributed by atoms with Crippen LogP contribution in [0.25, 0.3) is 0 Å². The topological polar surface area (TPSA) is 64.3 Å². The summed E-state index contributed by atoms with van der Waals surface area (Å²) < 4.78 is 18.8. The van der Waals surface area contributed by atoms with E-state index in [2.05, 4.69) is 5.32 Å². The molecule has 112 valence electrons. The van der Waals surface area contributed by atoms with Gasteiger partial charge in [0.25, 0.3) is 0 Å². The summed E-state index contributed by atoms with van der Waals surface area (Å²) in [6, 6.07) is 4.00. The molecule has 0 saturated heterocycles. The van der Waals surface area contributed by atoms with E-state index in [0.29, 0.717) is 10.6 Å². The van der Waals surface area contributed by atoms with E-state index in [9.17, 15) is 9.18 Å². The van der Waals surface area contributed by atoms with Gasteiger partial charge in [-0.2, -0.15) is 0 Å². The number of hydrogen-bond acceptors (Lipinski definition) is 3.